The third kappa shape index (κ3) is 3.33. The highest BCUT2D eigenvalue weighted by atomic mass is 28.3. The van der Waals surface area contributed by atoms with Crippen molar-refractivity contribution >= 4 is 24.3 Å². The number of hydrogen-bond acceptors (Lipinski definition) is 2. The summed E-state index contributed by atoms with van der Waals surface area (Å²) in [6.07, 6.45) is 0. The van der Waals surface area contributed by atoms with Crippen LogP contribution in [0.3, 0.4) is 0 Å². The Kier molecular flexibility index (Phi) is 4.44. The van der Waals surface area contributed by atoms with E-state index in [4.69, 9.17) is 0 Å². The summed E-state index contributed by atoms with van der Waals surface area (Å²) >= 11 is 0. The minimum absolute atomic E-state index is 0.00804. The average Bonchev–Trinajstić information content (AvgIpc) is 3.06. The van der Waals surface area contributed by atoms with Gasteiger partial charge in [0, 0.05) is 0 Å². The monoisotopic (exact) mass is 371 g/mol. The lowest BCUT2D eigenvalue weighted by Crippen LogP contribution is -2.38. The normalized spacial score (nSPS) is 12.0. The second kappa shape index (κ2) is 6.78. The zero-order chi connectivity index (χ0) is 19.0. The number of aryl methyl sites for hydroxylation is 1. The third-order valence-corrected chi connectivity index (χ3v) is 7.00. The molecule has 0 aliphatic heterocycles. The predicted molar refractivity (Wildman–Crippen MR) is 115 cm³/mol. The Morgan fingerprint density at radius 3 is 1.89 bits per heavy atom. The van der Waals surface area contributed by atoms with Crippen molar-refractivity contribution in [2.75, 3.05) is 0 Å². The predicted octanol–water partition coefficient (Wildman–Crippen LogP) is 4.92. The molecule has 0 atom stereocenters. The standard InChI is InChI=1S/C23H25N3Si/c1-17-15-20-22(21(16-17)27(2,3)4)24-25-26(20)23(18-11-7-5-8-12-18)19-13-9-6-10-14-19/h5-16,23H,1-4H3. The molecule has 0 spiro atoms. The van der Waals surface area contributed by atoms with Crippen LogP contribution >= 0.6 is 0 Å². The van der Waals surface area contributed by atoms with Crippen LogP contribution in [0.15, 0.2) is 72.8 Å². The first-order valence-electron chi connectivity index (χ1n) is 9.41. The number of aromatic nitrogens is 3. The largest absolute Gasteiger partial charge is 0.233 e. The summed E-state index contributed by atoms with van der Waals surface area (Å²) < 4.78 is 2.09. The molecule has 4 rings (SSSR count). The molecule has 0 saturated heterocycles. The van der Waals surface area contributed by atoms with E-state index in [-0.39, 0.29) is 6.04 Å². The first-order chi connectivity index (χ1) is 12.9. The molecule has 3 aromatic carbocycles. The molecule has 0 N–H and O–H groups in total. The molecule has 0 unspecified atom stereocenters. The van der Waals surface area contributed by atoms with Gasteiger partial charge in [-0.05, 0) is 34.9 Å². The number of benzene rings is 3. The lowest BCUT2D eigenvalue weighted by atomic mass is 9.98. The fourth-order valence-electron chi connectivity index (χ4n) is 3.69. The van der Waals surface area contributed by atoms with E-state index in [2.05, 4.69) is 114 Å². The van der Waals surface area contributed by atoms with Gasteiger partial charge in [0.1, 0.15) is 11.6 Å². The molecule has 0 fully saturated rings. The molecule has 27 heavy (non-hydrogen) atoms. The zero-order valence-corrected chi connectivity index (χ0v) is 17.3. The van der Waals surface area contributed by atoms with E-state index in [1.807, 2.05) is 0 Å². The summed E-state index contributed by atoms with van der Waals surface area (Å²) in [4.78, 5) is 0. The maximum Gasteiger partial charge on any atom is 0.112 e. The minimum atomic E-state index is -1.52. The van der Waals surface area contributed by atoms with Gasteiger partial charge < -0.3 is 0 Å². The van der Waals surface area contributed by atoms with Gasteiger partial charge in [0.25, 0.3) is 0 Å². The van der Waals surface area contributed by atoms with Crippen molar-refractivity contribution in [2.24, 2.45) is 0 Å². The smallest absolute Gasteiger partial charge is 0.112 e. The second-order valence-electron chi connectivity index (χ2n) is 8.19. The molecule has 0 aliphatic carbocycles. The molecular weight excluding hydrogens is 346 g/mol. The van der Waals surface area contributed by atoms with Gasteiger partial charge in [0.2, 0.25) is 0 Å². The molecular formula is C23H25N3Si. The van der Waals surface area contributed by atoms with Crippen LogP contribution in [0.2, 0.25) is 19.6 Å². The molecule has 0 saturated carbocycles. The molecule has 4 aromatic rings. The molecule has 136 valence electrons. The zero-order valence-electron chi connectivity index (χ0n) is 16.3. The molecule has 1 aromatic heterocycles. The van der Waals surface area contributed by atoms with E-state index in [0.717, 1.165) is 11.0 Å². The van der Waals surface area contributed by atoms with Crippen LogP contribution in [-0.4, -0.2) is 23.1 Å². The van der Waals surface area contributed by atoms with Gasteiger partial charge in [0.15, 0.2) is 0 Å². The van der Waals surface area contributed by atoms with Crippen LogP contribution in [0.25, 0.3) is 11.0 Å². The van der Waals surface area contributed by atoms with E-state index in [1.165, 1.54) is 21.9 Å². The highest BCUT2D eigenvalue weighted by Gasteiger charge is 2.25. The second-order valence-corrected chi connectivity index (χ2v) is 13.2. The molecule has 0 bridgehead atoms. The molecule has 0 radical (unpaired) electrons. The van der Waals surface area contributed by atoms with Crippen molar-refractivity contribution in [3.05, 3.63) is 89.5 Å². The van der Waals surface area contributed by atoms with Crippen LogP contribution in [0.4, 0.5) is 0 Å². The minimum Gasteiger partial charge on any atom is -0.233 e. The molecule has 1 heterocycles. The lowest BCUT2D eigenvalue weighted by Gasteiger charge is -2.21. The summed E-state index contributed by atoms with van der Waals surface area (Å²) in [5, 5.41) is 10.7. The summed E-state index contributed by atoms with van der Waals surface area (Å²) in [6.45, 7) is 9.27. The van der Waals surface area contributed by atoms with Crippen LogP contribution in [-0.2, 0) is 0 Å². The van der Waals surface area contributed by atoms with E-state index < -0.39 is 8.07 Å². The highest BCUT2D eigenvalue weighted by molar-refractivity contribution is 6.90. The van der Waals surface area contributed by atoms with Crippen molar-refractivity contribution in [2.45, 2.75) is 32.6 Å². The maximum atomic E-state index is 4.65. The average molecular weight is 372 g/mol. The Bertz CT molecular complexity index is 1020. The number of nitrogens with zero attached hydrogens (tertiary/aromatic N) is 3. The lowest BCUT2D eigenvalue weighted by molar-refractivity contribution is 0.589. The molecule has 3 nitrogen and oxygen atoms in total. The summed E-state index contributed by atoms with van der Waals surface area (Å²) in [6, 6.07) is 25.6. The van der Waals surface area contributed by atoms with Crippen molar-refractivity contribution in [1.29, 1.82) is 0 Å². The van der Waals surface area contributed by atoms with Crippen molar-refractivity contribution in [3.8, 4) is 0 Å². The van der Waals surface area contributed by atoms with E-state index in [0.29, 0.717) is 0 Å². The summed E-state index contributed by atoms with van der Waals surface area (Å²) in [5.41, 5.74) is 5.86. The third-order valence-electron chi connectivity index (χ3n) is 5.01. The molecule has 4 heteroatoms. The maximum absolute atomic E-state index is 4.65. The van der Waals surface area contributed by atoms with Crippen LogP contribution in [0, 0.1) is 6.92 Å². The van der Waals surface area contributed by atoms with E-state index >= 15 is 0 Å². The summed E-state index contributed by atoms with van der Waals surface area (Å²) in [5.74, 6) is 0. The van der Waals surface area contributed by atoms with Crippen molar-refractivity contribution in [3.63, 3.8) is 0 Å². The Morgan fingerprint density at radius 1 is 0.815 bits per heavy atom. The van der Waals surface area contributed by atoms with E-state index in [9.17, 15) is 0 Å². The van der Waals surface area contributed by atoms with Crippen molar-refractivity contribution < 1.29 is 0 Å². The van der Waals surface area contributed by atoms with Gasteiger partial charge in [-0.1, -0.05) is 91.6 Å². The fraction of sp³-hybridized carbons (Fsp3) is 0.217. The Morgan fingerprint density at radius 2 is 1.37 bits per heavy atom. The highest BCUT2D eigenvalue weighted by Crippen LogP contribution is 2.29. The van der Waals surface area contributed by atoms with Crippen molar-refractivity contribution in [1.82, 2.24) is 15.0 Å². The van der Waals surface area contributed by atoms with E-state index in [1.54, 1.807) is 0 Å². The Balaban J connectivity index is 1.99. The fourth-order valence-corrected chi connectivity index (χ4v) is 5.24. The quantitative estimate of drug-likeness (QED) is 0.477. The van der Waals surface area contributed by atoms with Crippen LogP contribution in [0.5, 0.6) is 0 Å². The van der Waals surface area contributed by atoms with Gasteiger partial charge in [-0.15, -0.1) is 5.10 Å². The van der Waals surface area contributed by atoms with Gasteiger partial charge >= 0.3 is 0 Å². The number of hydrogen-bond donors (Lipinski definition) is 0. The van der Waals surface area contributed by atoms with Gasteiger partial charge in [-0.25, -0.2) is 4.68 Å². The first-order valence-corrected chi connectivity index (χ1v) is 12.9. The number of rotatable bonds is 4. The van der Waals surface area contributed by atoms with Gasteiger partial charge in [0.05, 0.1) is 13.6 Å². The van der Waals surface area contributed by atoms with Gasteiger partial charge in [-0.3, -0.25) is 0 Å². The van der Waals surface area contributed by atoms with Crippen LogP contribution < -0.4 is 5.19 Å². The number of fused-ring (bicyclic) bond motifs is 1. The molecule has 0 amide bonds. The Hall–Kier alpha value is -2.72. The van der Waals surface area contributed by atoms with Crippen LogP contribution in [0.1, 0.15) is 22.7 Å². The first kappa shape index (κ1) is 17.7. The summed E-state index contributed by atoms with van der Waals surface area (Å²) in [7, 11) is -1.52. The Labute approximate surface area is 161 Å². The molecule has 0 aliphatic rings. The topological polar surface area (TPSA) is 30.7 Å². The SMILES string of the molecule is Cc1cc([Si](C)(C)C)c2nnn(C(c3ccccc3)c3ccccc3)c2c1. The van der Waals surface area contributed by atoms with Gasteiger partial charge in [-0.2, -0.15) is 0 Å².